The van der Waals surface area contributed by atoms with Gasteiger partial charge >= 0.3 is 0 Å². The van der Waals surface area contributed by atoms with E-state index in [2.05, 4.69) is 39.1 Å². The van der Waals surface area contributed by atoms with Crippen molar-refractivity contribution in [1.29, 1.82) is 0 Å². The highest BCUT2D eigenvalue weighted by molar-refractivity contribution is 5.79. The van der Waals surface area contributed by atoms with Crippen LogP contribution in [0.25, 0.3) is 0 Å². The summed E-state index contributed by atoms with van der Waals surface area (Å²) in [6, 6.07) is 6.16. The van der Waals surface area contributed by atoms with E-state index in [1.54, 1.807) is 0 Å². The van der Waals surface area contributed by atoms with E-state index in [1.807, 2.05) is 12.3 Å². The van der Waals surface area contributed by atoms with Crippen molar-refractivity contribution in [2.24, 2.45) is 11.3 Å². The molecular weight excluding hydrogens is 310 g/mol. The van der Waals surface area contributed by atoms with Crippen LogP contribution in [0.3, 0.4) is 0 Å². The highest BCUT2D eigenvalue weighted by Crippen LogP contribution is 2.42. The second kappa shape index (κ2) is 7.28. The number of pyridine rings is 1. The monoisotopic (exact) mass is 339 g/mol. The maximum atomic E-state index is 12.6. The van der Waals surface area contributed by atoms with Crippen LogP contribution < -0.4 is 0 Å². The maximum Gasteiger partial charge on any atom is 0.226 e. The Balaban J connectivity index is 1.26. The predicted octanol–water partition coefficient (Wildman–Crippen LogP) is 3.25. The number of piperidine rings is 2. The van der Waals surface area contributed by atoms with Gasteiger partial charge in [-0.25, -0.2) is 0 Å². The van der Waals surface area contributed by atoms with Crippen molar-refractivity contribution in [2.45, 2.75) is 45.1 Å². The van der Waals surface area contributed by atoms with Crippen LogP contribution in [0.15, 0.2) is 36.5 Å². The molecule has 134 valence electrons. The lowest BCUT2D eigenvalue weighted by atomic mass is 9.71. The summed E-state index contributed by atoms with van der Waals surface area (Å²) in [7, 11) is 0. The Morgan fingerprint density at radius 2 is 1.72 bits per heavy atom. The van der Waals surface area contributed by atoms with Crippen molar-refractivity contribution in [3.63, 3.8) is 0 Å². The molecule has 0 bridgehead atoms. The molecule has 4 nitrogen and oxygen atoms in total. The average Bonchev–Trinajstić information content (AvgIpc) is 3.20. The van der Waals surface area contributed by atoms with Gasteiger partial charge in [0.2, 0.25) is 5.91 Å². The molecule has 4 rings (SSSR count). The van der Waals surface area contributed by atoms with Crippen LogP contribution in [0.2, 0.25) is 0 Å². The molecule has 1 aromatic heterocycles. The van der Waals surface area contributed by atoms with Gasteiger partial charge in [-0.1, -0.05) is 18.2 Å². The van der Waals surface area contributed by atoms with E-state index in [4.69, 9.17) is 0 Å². The van der Waals surface area contributed by atoms with Gasteiger partial charge in [0.25, 0.3) is 0 Å². The van der Waals surface area contributed by atoms with Crippen LogP contribution in [0, 0.1) is 11.3 Å². The van der Waals surface area contributed by atoms with E-state index in [9.17, 15) is 4.79 Å². The molecule has 4 heteroatoms. The summed E-state index contributed by atoms with van der Waals surface area (Å²) in [6.45, 7) is 5.23. The van der Waals surface area contributed by atoms with Crippen molar-refractivity contribution >= 4 is 5.91 Å². The van der Waals surface area contributed by atoms with Crippen LogP contribution in [0.4, 0.5) is 0 Å². The Morgan fingerprint density at radius 1 is 1.04 bits per heavy atom. The summed E-state index contributed by atoms with van der Waals surface area (Å²) >= 11 is 0. The number of aromatic nitrogens is 1. The normalized spacial score (nSPS) is 24.1. The molecule has 25 heavy (non-hydrogen) atoms. The Kier molecular flexibility index (Phi) is 4.89. The summed E-state index contributed by atoms with van der Waals surface area (Å²) in [5.41, 5.74) is 1.65. The lowest BCUT2D eigenvalue weighted by Gasteiger charge is -2.47. The number of nitrogens with zero attached hydrogens (tertiary/aromatic N) is 3. The smallest absolute Gasteiger partial charge is 0.226 e. The van der Waals surface area contributed by atoms with Gasteiger partial charge in [0.1, 0.15) is 0 Å². The number of hydrogen-bond donors (Lipinski definition) is 0. The quantitative estimate of drug-likeness (QED) is 0.793. The molecule has 3 heterocycles. The Labute approximate surface area is 150 Å². The zero-order valence-electron chi connectivity index (χ0n) is 15.1. The van der Waals surface area contributed by atoms with Crippen molar-refractivity contribution in [3.05, 3.63) is 42.2 Å². The molecular formula is C21H29N3O. The van der Waals surface area contributed by atoms with E-state index in [0.29, 0.717) is 11.3 Å². The second-order valence-corrected chi connectivity index (χ2v) is 8.06. The fourth-order valence-electron chi connectivity index (χ4n) is 4.68. The van der Waals surface area contributed by atoms with E-state index in [-0.39, 0.29) is 5.92 Å². The van der Waals surface area contributed by atoms with Crippen molar-refractivity contribution < 1.29 is 4.79 Å². The molecule has 0 saturated carbocycles. The van der Waals surface area contributed by atoms with E-state index >= 15 is 0 Å². The van der Waals surface area contributed by atoms with E-state index in [0.717, 1.165) is 45.6 Å². The van der Waals surface area contributed by atoms with Crippen LogP contribution >= 0.6 is 0 Å². The van der Waals surface area contributed by atoms with Crippen LogP contribution in [-0.4, -0.2) is 46.9 Å². The molecule has 0 unspecified atom stereocenters. The van der Waals surface area contributed by atoms with Gasteiger partial charge < -0.3 is 4.90 Å². The zero-order chi connectivity index (χ0) is 17.1. The fourth-order valence-corrected chi connectivity index (χ4v) is 4.68. The molecule has 1 amide bonds. The summed E-state index contributed by atoms with van der Waals surface area (Å²) in [5.74, 6) is 0.627. The zero-order valence-corrected chi connectivity index (χ0v) is 15.1. The van der Waals surface area contributed by atoms with E-state index < -0.39 is 0 Å². The molecule has 0 aromatic carbocycles. The van der Waals surface area contributed by atoms with Gasteiger partial charge in [0.15, 0.2) is 0 Å². The second-order valence-electron chi connectivity index (χ2n) is 8.06. The first-order valence-electron chi connectivity index (χ1n) is 9.80. The highest BCUT2D eigenvalue weighted by Gasteiger charge is 2.39. The van der Waals surface area contributed by atoms with Gasteiger partial charge in [-0.05, 0) is 69.2 Å². The van der Waals surface area contributed by atoms with Crippen LogP contribution in [0.1, 0.15) is 44.2 Å². The fraction of sp³-hybridized carbons (Fsp3) is 0.619. The summed E-state index contributed by atoms with van der Waals surface area (Å²) in [5, 5.41) is 0. The van der Waals surface area contributed by atoms with Gasteiger partial charge in [-0.15, -0.1) is 0 Å². The highest BCUT2D eigenvalue weighted by atomic mass is 16.2. The lowest BCUT2D eigenvalue weighted by Crippen LogP contribution is -2.49. The molecule has 2 aliphatic heterocycles. The minimum atomic E-state index is 0.231. The molecule has 2 saturated heterocycles. The lowest BCUT2D eigenvalue weighted by molar-refractivity contribution is -0.138. The first-order valence-corrected chi connectivity index (χ1v) is 9.80. The third-order valence-electron chi connectivity index (χ3n) is 6.52. The average molecular weight is 339 g/mol. The Hall–Kier alpha value is -1.68. The Morgan fingerprint density at radius 3 is 2.36 bits per heavy atom. The molecule has 3 aliphatic rings. The van der Waals surface area contributed by atoms with Gasteiger partial charge in [-0.2, -0.15) is 0 Å². The van der Waals surface area contributed by atoms with Gasteiger partial charge in [0.05, 0.1) is 5.69 Å². The first kappa shape index (κ1) is 16.8. The molecule has 1 spiro atoms. The SMILES string of the molecule is O=C(C1CC=CC1)N1CCC2(CCN(Cc3ccccn3)CC2)CC1. The first-order chi connectivity index (χ1) is 12.2. The van der Waals surface area contributed by atoms with Crippen molar-refractivity contribution in [2.75, 3.05) is 26.2 Å². The molecule has 2 fully saturated rings. The van der Waals surface area contributed by atoms with Crippen molar-refractivity contribution in [3.8, 4) is 0 Å². The number of hydrogen-bond acceptors (Lipinski definition) is 3. The minimum Gasteiger partial charge on any atom is -0.342 e. The number of carbonyl (C=O) groups is 1. The van der Waals surface area contributed by atoms with Gasteiger partial charge in [0, 0.05) is 31.7 Å². The molecule has 0 atom stereocenters. The molecule has 0 N–H and O–H groups in total. The van der Waals surface area contributed by atoms with Crippen LogP contribution in [-0.2, 0) is 11.3 Å². The van der Waals surface area contributed by atoms with Crippen LogP contribution in [0.5, 0.6) is 0 Å². The molecule has 1 aliphatic carbocycles. The summed E-state index contributed by atoms with van der Waals surface area (Å²) < 4.78 is 0. The van der Waals surface area contributed by atoms with Crippen molar-refractivity contribution in [1.82, 2.24) is 14.8 Å². The summed E-state index contributed by atoms with van der Waals surface area (Å²) in [4.78, 5) is 21.7. The standard InChI is InChI=1S/C21H29N3O/c25-20(18-5-1-2-6-18)24-15-10-21(11-16-24)8-13-23(14-9-21)17-19-7-3-4-12-22-19/h1-4,7,12,18H,5-6,8-11,13-17H2. The maximum absolute atomic E-state index is 12.6. The topological polar surface area (TPSA) is 36.4 Å². The number of rotatable bonds is 3. The van der Waals surface area contributed by atoms with E-state index in [1.165, 1.54) is 31.4 Å². The van der Waals surface area contributed by atoms with Gasteiger partial charge in [-0.3, -0.25) is 14.7 Å². The summed E-state index contributed by atoms with van der Waals surface area (Å²) in [6.07, 6.45) is 13.0. The Bertz CT molecular complexity index is 601. The predicted molar refractivity (Wildman–Crippen MR) is 98.9 cm³/mol. The third kappa shape index (κ3) is 3.79. The number of likely N-dealkylation sites (tertiary alicyclic amines) is 2. The number of allylic oxidation sites excluding steroid dienone is 2. The minimum absolute atomic E-state index is 0.231. The molecule has 1 aromatic rings. The largest absolute Gasteiger partial charge is 0.342 e. The number of amides is 1. The number of carbonyl (C=O) groups excluding carboxylic acids is 1. The third-order valence-corrected chi connectivity index (χ3v) is 6.52. The molecule has 0 radical (unpaired) electrons.